The Hall–Kier alpha value is -3.85. The predicted molar refractivity (Wildman–Crippen MR) is 127 cm³/mol. The van der Waals surface area contributed by atoms with Crippen LogP contribution in [-0.4, -0.2) is 50.8 Å². The highest BCUT2D eigenvalue weighted by molar-refractivity contribution is 8.18. The first-order valence-electron chi connectivity index (χ1n) is 10.1. The molecule has 1 saturated heterocycles. The van der Waals surface area contributed by atoms with E-state index in [1.165, 1.54) is 28.8 Å². The van der Waals surface area contributed by atoms with E-state index in [0.29, 0.717) is 27.9 Å². The molecule has 1 aliphatic heterocycles. The Morgan fingerprint density at radius 2 is 1.94 bits per heavy atom. The van der Waals surface area contributed by atoms with Crippen LogP contribution in [0.4, 0.5) is 5.69 Å². The Morgan fingerprint density at radius 1 is 1.21 bits per heavy atom. The fraction of sp³-hybridized carbons (Fsp3) is 0.167. The zero-order valence-electron chi connectivity index (χ0n) is 17.8. The molecule has 0 radical (unpaired) electrons. The van der Waals surface area contributed by atoms with Gasteiger partial charge < -0.3 is 14.9 Å². The Labute approximate surface area is 194 Å². The minimum Gasteiger partial charge on any atom is -0.479 e. The van der Waals surface area contributed by atoms with Gasteiger partial charge in [0.05, 0.1) is 16.2 Å². The maximum atomic E-state index is 12.9. The Bertz CT molecular complexity index is 1140. The number of aromatic carboxylic acids is 1. The topological polar surface area (TPSA) is 117 Å². The van der Waals surface area contributed by atoms with E-state index in [1.807, 2.05) is 0 Å². The van der Waals surface area contributed by atoms with Crippen LogP contribution < -0.4 is 4.74 Å². The van der Waals surface area contributed by atoms with E-state index < -0.39 is 18.0 Å². The third-order valence-corrected chi connectivity index (χ3v) is 5.63. The monoisotopic (exact) mass is 466 g/mol. The molecule has 2 aromatic carbocycles. The summed E-state index contributed by atoms with van der Waals surface area (Å²) < 4.78 is 5.46. The first-order valence-corrected chi connectivity index (χ1v) is 10.9. The number of nitrogens with zero attached hydrogens (tertiary/aromatic N) is 2. The standard InChI is InChI=1S/C24H22N2O6S/c1-3-12-26-21(27)20(33-24(26)25-17-7-5-6-16(14-17)22(28)29)13-15-8-10-18(11-9-15)32-19(4-2)23(30)31/h3,5-11,13-14,19H,1,4,12H2,2H3,(H,28,29)(H,30,31)/b20-13-,25-24?. The van der Waals surface area contributed by atoms with Crippen molar-refractivity contribution in [1.82, 2.24) is 4.90 Å². The van der Waals surface area contributed by atoms with Gasteiger partial charge in [-0.1, -0.05) is 31.2 Å². The molecule has 1 aliphatic rings. The van der Waals surface area contributed by atoms with Gasteiger partial charge in [-0.15, -0.1) is 6.58 Å². The van der Waals surface area contributed by atoms with E-state index in [4.69, 9.17) is 9.84 Å². The number of rotatable bonds is 9. The highest BCUT2D eigenvalue weighted by Crippen LogP contribution is 2.34. The average Bonchev–Trinajstić information content (AvgIpc) is 3.07. The number of benzene rings is 2. The van der Waals surface area contributed by atoms with Crippen molar-refractivity contribution >= 4 is 46.5 Å². The van der Waals surface area contributed by atoms with Gasteiger partial charge in [0.1, 0.15) is 5.75 Å². The first kappa shape index (κ1) is 23.8. The van der Waals surface area contributed by atoms with E-state index in [1.54, 1.807) is 55.5 Å². The number of thioether (sulfide) groups is 1. The highest BCUT2D eigenvalue weighted by Gasteiger charge is 2.32. The molecular formula is C24H22N2O6S. The zero-order valence-corrected chi connectivity index (χ0v) is 18.6. The van der Waals surface area contributed by atoms with Gasteiger partial charge in [-0.25, -0.2) is 14.6 Å². The molecular weight excluding hydrogens is 444 g/mol. The number of carbonyl (C=O) groups excluding carboxylic acids is 1. The predicted octanol–water partition coefficient (Wildman–Crippen LogP) is 4.42. The molecule has 8 nitrogen and oxygen atoms in total. The summed E-state index contributed by atoms with van der Waals surface area (Å²) in [5.74, 6) is -1.91. The molecule has 1 fully saturated rings. The SMILES string of the molecule is C=CCN1C(=O)/C(=C/c2ccc(OC(CC)C(=O)O)cc2)SC1=Nc1cccc(C(=O)O)c1. The summed E-state index contributed by atoms with van der Waals surface area (Å²) in [4.78, 5) is 41.7. The van der Waals surface area contributed by atoms with Crippen LogP contribution in [0.25, 0.3) is 6.08 Å². The van der Waals surface area contributed by atoms with Crippen LogP contribution in [0.15, 0.2) is 71.1 Å². The van der Waals surface area contributed by atoms with Crippen LogP contribution in [0.2, 0.25) is 0 Å². The molecule has 2 N–H and O–H groups in total. The maximum Gasteiger partial charge on any atom is 0.344 e. The van der Waals surface area contributed by atoms with E-state index >= 15 is 0 Å². The molecule has 0 spiro atoms. The number of carbonyl (C=O) groups is 3. The lowest BCUT2D eigenvalue weighted by atomic mass is 10.2. The van der Waals surface area contributed by atoms with Crippen molar-refractivity contribution in [2.75, 3.05) is 6.54 Å². The first-order chi connectivity index (χ1) is 15.8. The summed E-state index contributed by atoms with van der Waals surface area (Å²) in [7, 11) is 0. The van der Waals surface area contributed by atoms with E-state index in [9.17, 15) is 19.5 Å². The molecule has 1 amide bonds. The smallest absolute Gasteiger partial charge is 0.344 e. The Balaban J connectivity index is 1.84. The van der Waals surface area contributed by atoms with E-state index in [0.717, 1.165) is 5.56 Å². The quantitative estimate of drug-likeness (QED) is 0.415. The summed E-state index contributed by atoms with van der Waals surface area (Å²) in [6.45, 7) is 5.67. The van der Waals surface area contributed by atoms with Gasteiger partial charge in [0.2, 0.25) is 0 Å². The highest BCUT2D eigenvalue weighted by atomic mass is 32.2. The average molecular weight is 467 g/mol. The van der Waals surface area contributed by atoms with Crippen molar-refractivity contribution in [1.29, 1.82) is 0 Å². The number of amidine groups is 1. The molecule has 33 heavy (non-hydrogen) atoms. The number of carboxylic acid groups (broad SMARTS) is 2. The van der Waals surface area contributed by atoms with Crippen molar-refractivity contribution in [3.05, 3.63) is 77.2 Å². The third kappa shape index (κ3) is 5.89. The molecule has 9 heteroatoms. The number of ether oxygens (including phenoxy) is 1. The fourth-order valence-electron chi connectivity index (χ4n) is 2.97. The fourth-order valence-corrected chi connectivity index (χ4v) is 3.97. The number of amides is 1. The maximum absolute atomic E-state index is 12.9. The summed E-state index contributed by atoms with van der Waals surface area (Å²) >= 11 is 1.18. The van der Waals surface area contributed by atoms with Crippen LogP contribution in [0, 0.1) is 0 Å². The van der Waals surface area contributed by atoms with Crippen LogP contribution in [0.5, 0.6) is 5.75 Å². The van der Waals surface area contributed by atoms with Crippen LogP contribution in [-0.2, 0) is 9.59 Å². The molecule has 1 heterocycles. The van der Waals surface area contributed by atoms with Crippen LogP contribution in [0.3, 0.4) is 0 Å². The minimum atomic E-state index is -1.06. The van der Waals surface area contributed by atoms with Gasteiger partial charge in [-0.05, 0) is 60.2 Å². The number of aliphatic carboxylic acids is 1. The molecule has 170 valence electrons. The molecule has 0 saturated carbocycles. The van der Waals surface area contributed by atoms with Crippen molar-refractivity contribution in [3.63, 3.8) is 0 Å². The largest absolute Gasteiger partial charge is 0.479 e. The van der Waals surface area contributed by atoms with Crippen molar-refractivity contribution in [2.24, 2.45) is 4.99 Å². The van der Waals surface area contributed by atoms with Crippen molar-refractivity contribution in [2.45, 2.75) is 19.4 Å². The summed E-state index contributed by atoms with van der Waals surface area (Å²) in [5.41, 5.74) is 1.26. The number of hydrogen-bond donors (Lipinski definition) is 2. The van der Waals surface area contributed by atoms with E-state index in [-0.39, 0.29) is 18.0 Å². The second kappa shape index (κ2) is 10.6. The third-order valence-electron chi connectivity index (χ3n) is 4.62. The van der Waals surface area contributed by atoms with Gasteiger partial charge in [0, 0.05) is 6.54 Å². The van der Waals surface area contributed by atoms with Gasteiger partial charge >= 0.3 is 11.9 Å². The number of hydrogen-bond acceptors (Lipinski definition) is 6. The number of aliphatic imine (C=N–C) groups is 1. The molecule has 2 aromatic rings. The van der Waals surface area contributed by atoms with Gasteiger partial charge in [0.15, 0.2) is 11.3 Å². The van der Waals surface area contributed by atoms with Crippen LogP contribution >= 0.6 is 11.8 Å². The lowest BCUT2D eigenvalue weighted by molar-refractivity contribution is -0.145. The van der Waals surface area contributed by atoms with Crippen molar-refractivity contribution in [3.8, 4) is 5.75 Å². The van der Waals surface area contributed by atoms with Gasteiger partial charge in [-0.3, -0.25) is 9.69 Å². The Kier molecular flexibility index (Phi) is 7.68. The molecule has 0 aliphatic carbocycles. The summed E-state index contributed by atoms with van der Waals surface area (Å²) in [6.07, 6.45) is 2.70. The second-order valence-corrected chi connectivity index (χ2v) is 8.00. The molecule has 1 unspecified atom stereocenters. The number of carboxylic acids is 2. The molecule has 1 atom stereocenters. The minimum absolute atomic E-state index is 0.104. The Morgan fingerprint density at radius 3 is 2.55 bits per heavy atom. The molecule has 3 rings (SSSR count). The van der Waals surface area contributed by atoms with E-state index in [2.05, 4.69) is 11.6 Å². The normalized spacial score (nSPS) is 16.8. The lowest BCUT2D eigenvalue weighted by Gasteiger charge is -2.13. The van der Waals surface area contributed by atoms with Gasteiger partial charge in [0.25, 0.3) is 5.91 Å². The molecule has 0 bridgehead atoms. The molecule has 0 aromatic heterocycles. The summed E-state index contributed by atoms with van der Waals surface area (Å²) in [6, 6.07) is 12.9. The zero-order chi connectivity index (χ0) is 24.0. The second-order valence-electron chi connectivity index (χ2n) is 6.99. The lowest BCUT2D eigenvalue weighted by Crippen LogP contribution is -2.29. The van der Waals surface area contributed by atoms with Crippen molar-refractivity contribution < 1.29 is 29.3 Å². The summed E-state index contributed by atoms with van der Waals surface area (Å²) in [5, 5.41) is 18.7. The van der Waals surface area contributed by atoms with Gasteiger partial charge in [-0.2, -0.15) is 0 Å². The van der Waals surface area contributed by atoms with Crippen LogP contribution in [0.1, 0.15) is 29.3 Å².